The summed E-state index contributed by atoms with van der Waals surface area (Å²) in [7, 11) is 0. The molecule has 0 aliphatic carbocycles. The molecule has 2 aliphatic rings. The second-order valence-electron chi connectivity index (χ2n) is 5.78. The molecule has 2 aliphatic heterocycles. The fourth-order valence-corrected chi connectivity index (χ4v) is 3.28. The van der Waals surface area contributed by atoms with Gasteiger partial charge >= 0.3 is 0 Å². The van der Waals surface area contributed by atoms with Crippen molar-refractivity contribution in [3.05, 3.63) is 34.6 Å². The number of halogens is 2. The minimum Gasteiger partial charge on any atom is -0.376 e. The SMILES string of the molecule is C[C@H]1CN2C[C@@H](NC(=O)c3cc(F)ccc3Cl)C[C@H]2CO1. The number of benzene rings is 1. The van der Waals surface area contributed by atoms with Crippen LogP contribution in [-0.4, -0.2) is 48.7 Å². The van der Waals surface area contributed by atoms with Crippen LogP contribution in [0.5, 0.6) is 0 Å². The fourth-order valence-electron chi connectivity index (χ4n) is 3.08. The maximum absolute atomic E-state index is 13.2. The Morgan fingerprint density at radius 2 is 2.29 bits per heavy atom. The molecule has 3 atom stereocenters. The zero-order chi connectivity index (χ0) is 15.0. The van der Waals surface area contributed by atoms with Crippen LogP contribution in [0.1, 0.15) is 23.7 Å². The van der Waals surface area contributed by atoms with Crippen molar-refractivity contribution < 1.29 is 13.9 Å². The van der Waals surface area contributed by atoms with Crippen molar-refractivity contribution in [1.29, 1.82) is 0 Å². The first-order valence-electron chi connectivity index (χ1n) is 7.14. The van der Waals surface area contributed by atoms with E-state index in [0.717, 1.165) is 19.5 Å². The van der Waals surface area contributed by atoms with E-state index in [0.29, 0.717) is 12.6 Å². The predicted octanol–water partition coefficient (Wildman–Crippen LogP) is 2.07. The van der Waals surface area contributed by atoms with Gasteiger partial charge in [0.15, 0.2) is 0 Å². The minimum atomic E-state index is -0.462. The summed E-state index contributed by atoms with van der Waals surface area (Å²) in [5.74, 6) is -0.783. The van der Waals surface area contributed by atoms with Gasteiger partial charge in [-0.3, -0.25) is 9.69 Å². The van der Waals surface area contributed by atoms with E-state index in [1.807, 2.05) is 0 Å². The van der Waals surface area contributed by atoms with Crippen LogP contribution in [0.25, 0.3) is 0 Å². The first-order valence-corrected chi connectivity index (χ1v) is 7.52. The topological polar surface area (TPSA) is 41.6 Å². The molecule has 1 aromatic rings. The summed E-state index contributed by atoms with van der Waals surface area (Å²) in [5.41, 5.74) is 0.186. The van der Waals surface area contributed by atoms with Crippen molar-refractivity contribution in [3.8, 4) is 0 Å². The van der Waals surface area contributed by atoms with Crippen LogP contribution in [0.4, 0.5) is 4.39 Å². The molecule has 6 heteroatoms. The summed E-state index contributed by atoms with van der Waals surface area (Å²) in [6.45, 7) is 4.44. The van der Waals surface area contributed by atoms with Crippen LogP contribution in [0.2, 0.25) is 5.02 Å². The lowest BCUT2D eigenvalue weighted by Crippen LogP contribution is -2.45. The molecule has 21 heavy (non-hydrogen) atoms. The van der Waals surface area contributed by atoms with Gasteiger partial charge in [0.05, 0.1) is 23.3 Å². The second kappa shape index (κ2) is 5.91. The van der Waals surface area contributed by atoms with Crippen molar-refractivity contribution in [2.45, 2.75) is 31.5 Å². The van der Waals surface area contributed by atoms with Gasteiger partial charge in [0.25, 0.3) is 5.91 Å². The molecule has 0 aromatic heterocycles. The highest BCUT2D eigenvalue weighted by molar-refractivity contribution is 6.33. The second-order valence-corrected chi connectivity index (χ2v) is 6.19. The highest BCUT2D eigenvalue weighted by Gasteiger charge is 2.36. The van der Waals surface area contributed by atoms with Gasteiger partial charge in [-0.15, -0.1) is 0 Å². The monoisotopic (exact) mass is 312 g/mol. The van der Waals surface area contributed by atoms with Gasteiger partial charge in [-0.2, -0.15) is 0 Å². The average Bonchev–Trinajstić information content (AvgIpc) is 2.82. The van der Waals surface area contributed by atoms with E-state index in [2.05, 4.69) is 17.1 Å². The minimum absolute atomic E-state index is 0.0516. The highest BCUT2D eigenvalue weighted by Crippen LogP contribution is 2.24. The zero-order valence-corrected chi connectivity index (χ0v) is 12.6. The Morgan fingerprint density at radius 3 is 3.10 bits per heavy atom. The molecule has 2 saturated heterocycles. The number of carbonyl (C=O) groups is 1. The molecule has 114 valence electrons. The maximum Gasteiger partial charge on any atom is 0.253 e. The van der Waals surface area contributed by atoms with Gasteiger partial charge in [-0.25, -0.2) is 4.39 Å². The largest absolute Gasteiger partial charge is 0.376 e. The highest BCUT2D eigenvalue weighted by atomic mass is 35.5. The Balaban J connectivity index is 1.65. The molecule has 0 radical (unpaired) electrons. The third-order valence-corrected chi connectivity index (χ3v) is 4.43. The number of hydrogen-bond donors (Lipinski definition) is 1. The molecule has 0 bridgehead atoms. The quantitative estimate of drug-likeness (QED) is 0.909. The van der Waals surface area contributed by atoms with Gasteiger partial charge in [-0.1, -0.05) is 11.6 Å². The van der Waals surface area contributed by atoms with Crippen LogP contribution in [0, 0.1) is 5.82 Å². The summed E-state index contributed by atoms with van der Waals surface area (Å²) >= 11 is 5.96. The van der Waals surface area contributed by atoms with Gasteiger partial charge in [0.2, 0.25) is 0 Å². The molecule has 3 rings (SSSR count). The van der Waals surface area contributed by atoms with Crippen molar-refractivity contribution in [2.24, 2.45) is 0 Å². The summed E-state index contributed by atoms with van der Waals surface area (Å²) in [6.07, 6.45) is 1.08. The molecule has 0 unspecified atom stereocenters. The van der Waals surface area contributed by atoms with E-state index in [9.17, 15) is 9.18 Å². The number of carbonyl (C=O) groups excluding carboxylic acids is 1. The lowest BCUT2D eigenvalue weighted by Gasteiger charge is -2.33. The van der Waals surface area contributed by atoms with Crippen LogP contribution < -0.4 is 5.32 Å². The molecular weight excluding hydrogens is 295 g/mol. The number of hydrogen-bond acceptors (Lipinski definition) is 3. The number of rotatable bonds is 2. The number of nitrogens with zero attached hydrogens (tertiary/aromatic N) is 1. The van der Waals surface area contributed by atoms with Crippen molar-refractivity contribution in [1.82, 2.24) is 10.2 Å². The third-order valence-electron chi connectivity index (χ3n) is 4.10. The summed E-state index contributed by atoms with van der Waals surface area (Å²) in [4.78, 5) is 14.6. The van der Waals surface area contributed by atoms with E-state index >= 15 is 0 Å². The first kappa shape index (κ1) is 14.8. The normalized spacial score (nSPS) is 29.2. The summed E-state index contributed by atoms with van der Waals surface area (Å²) < 4.78 is 18.9. The van der Waals surface area contributed by atoms with Gasteiger partial charge in [0.1, 0.15) is 5.82 Å². The Kier molecular flexibility index (Phi) is 4.15. The third kappa shape index (κ3) is 3.20. The number of morpholine rings is 1. The molecule has 0 saturated carbocycles. The van der Waals surface area contributed by atoms with Crippen molar-refractivity contribution >= 4 is 17.5 Å². The van der Waals surface area contributed by atoms with Crippen LogP contribution in [0.15, 0.2) is 18.2 Å². The molecule has 0 spiro atoms. The molecule has 4 nitrogen and oxygen atoms in total. The summed E-state index contributed by atoms with van der Waals surface area (Å²) in [5, 5.41) is 3.21. The summed E-state index contributed by atoms with van der Waals surface area (Å²) in [6, 6.07) is 4.23. The number of fused-ring (bicyclic) bond motifs is 1. The molecule has 1 aromatic carbocycles. The molecule has 2 heterocycles. The van der Waals surface area contributed by atoms with E-state index in [-0.39, 0.29) is 28.6 Å². The van der Waals surface area contributed by atoms with Gasteiger partial charge < -0.3 is 10.1 Å². The number of ether oxygens (including phenoxy) is 1. The molecule has 1 amide bonds. The van der Waals surface area contributed by atoms with Crippen molar-refractivity contribution in [2.75, 3.05) is 19.7 Å². The maximum atomic E-state index is 13.2. The zero-order valence-electron chi connectivity index (χ0n) is 11.8. The van der Waals surface area contributed by atoms with E-state index < -0.39 is 5.82 Å². The average molecular weight is 313 g/mol. The van der Waals surface area contributed by atoms with Gasteiger partial charge in [-0.05, 0) is 31.5 Å². The van der Waals surface area contributed by atoms with E-state index in [1.54, 1.807) is 0 Å². The Labute approximate surface area is 128 Å². The lowest BCUT2D eigenvalue weighted by molar-refractivity contribution is -0.0390. The smallest absolute Gasteiger partial charge is 0.253 e. The fraction of sp³-hybridized carbons (Fsp3) is 0.533. The first-order chi connectivity index (χ1) is 10.0. The standard InChI is InChI=1S/C15H18ClFN2O2/c1-9-6-19-7-11(5-12(19)8-21-9)18-15(20)13-4-10(17)2-3-14(13)16/h2-4,9,11-12H,5-8H2,1H3,(H,18,20)/t9-,11-,12-/m0/s1. The van der Waals surface area contributed by atoms with Crippen molar-refractivity contribution in [3.63, 3.8) is 0 Å². The predicted molar refractivity (Wildman–Crippen MR) is 78.1 cm³/mol. The number of nitrogens with one attached hydrogen (secondary N) is 1. The van der Waals surface area contributed by atoms with Crippen LogP contribution in [-0.2, 0) is 4.74 Å². The Hall–Kier alpha value is -1.17. The van der Waals surface area contributed by atoms with Crippen LogP contribution in [0.3, 0.4) is 0 Å². The Morgan fingerprint density at radius 1 is 1.48 bits per heavy atom. The van der Waals surface area contributed by atoms with Gasteiger partial charge in [0, 0.05) is 25.2 Å². The van der Waals surface area contributed by atoms with Crippen LogP contribution >= 0.6 is 11.6 Å². The van der Waals surface area contributed by atoms with E-state index in [1.165, 1.54) is 18.2 Å². The Bertz CT molecular complexity index is 554. The van der Waals surface area contributed by atoms with E-state index in [4.69, 9.17) is 16.3 Å². The molecule has 2 fully saturated rings. The molecular formula is C15H18ClFN2O2. The lowest BCUT2D eigenvalue weighted by atomic mass is 10.1. The number of amides is 1. The molecule has 1 N–H and O–H groups in total.